The van der Waals surface area contributed by atoms with Crippen molar-refractivity contribution >= 4 is 5.96 Å². The van der Waals surface area contributed by atoms with Gasteiger partial charge < -0.3 is 15.6 Å². The number of nitrogens with two attached hydrogens (primary N) is 1. The smallest absolute Gasteiger partial charge is 0.189 e. The molecule has 6 nitrogen and oxygen atoms in total. The van der Waals surface area contributed by atoms with Gasteiger partial charge in [-0.05, 0) is 18.1 Å². The molecular formula is C15H21N5O. The first-order valence-corrected chi connectivity index (χ1v) is 7.04. The van der Waals surface area contributed by atoms with Gasteiger partial charge in [-0.15, -0.1) is 0 Å². The number of aromatic nitrogens is 2. The summed E-state index contributed by atoms with van der Waals surface area (Å²) in [5, 5.41) is 7.04. The SMILES string of the molecule is CC(C)c1cc(CN=C(N)NCCc2ccccn2)on1. The molecule has 0 fully saturated rings. The standard InChI is InChI=1S/C15H21N5O/c1-11(2)14-9-13(21-20-14)10-19-15(16)18-8-6-12-5-3-4-7-17-12/h3-5,7,9,11H,6,8,10H2,1-2H3,(H3,16,18,19). The molecule has 6 heteroatoms. The largest absolute Gasteiger partial charge is 0.370 e. The minimum absolute atomic E-state index is 0.348. The molecule has 0 spiro atoms. The normalized spacial score (nSPS) is 11.9. The molecule has 2 rings (SSSR count). The maximum Gasteiger partial charge on any atom is 0.189 e. The molecule has 0 aromatic carbocycles. The lowest BCUT2D eigenvalue weighted by molar-refractivity contribution is 0.376. The van der Waals surface area contributed by atoms with Crippen molar-refractivity contribution in [3.8, 4) is 0 Å². The highest BCUT2D eigenvalue weighted by Gasteiger charge is 2.06. The second-order valence-corrected chi connectivity index (χ2v) is 5.07. The molecule has 2 aromatic heterocycles. The van der Waals surface area contributed by atoms with Crippen LogP contribution in [0, 0.1) is 0 Å². The predicted octanol–water partition coefficient (Wildman–Crippen LogP) is 1.84. The van der Waals surface area contributed by atoms with Crippen molar-refractivity contribution < 1.29 is 4.52 Å². The molecule has 3 N–H and O–H groups in total. The van der Waals surface area contributed by atoms with E-state index < -0.39 is 0 Å². The van der Waals surface area contributed by atoms with E-state index in [-0.39, 0.29) is 0 Å². The van der Waals surface area contributed by atoms with Crippen LogP contribution >= 0.6 is 0 Å². The summed E-state index contributed by atoms with van der Waals surface area (Å²) in [5.41, 5.74) is 7.76. The molecule has 0 aliphatic heterocycles. The fraction of sp³-hybridized carbons (Fsp3) is 0.400. The monoisotopic (exact) mass is 287 g/mol. The summed E-state index contributed by atoms with van der Waals surface area (Å²) in [6.07, 6.45) is 2.58. The van der Waals surface area contributed by atoms with Gasteiger partial charge in [0, 0.05) is 30.9 Å². The van der Waals surface area contributed by atoms with Gasteiger partial charge in [0.15, 0.2) is 11.7 Å². The van der Waals surface area contributed by atoms with Crippen molar-refractivity contribution in [3.05, 3.63) is 47.6 Å². The van der Waals surface area contributed by atoms with Crippen LogP contribution in [-0.4, -0.2) is 22.6 Å². The van der Waals surface area contributed by atoms with Gasteiger partial charge in [-0.3, -0.25) is 4.98 Å². The maximum atomic E-state index is 5.81. The van der Waals surface area contributed by atoms with Crippen LogP contribution in [0.3, 0.4) is 0 Å². The third-order valence-electron chi connectivity index (χ3n) is 2.99. The lowest BCUT2D eigenvalue weighted by atomic mass is 10.1. The highest BCUT2D eigenvalue weighted by Crippen LogP contribution is 2.14. The van der Waals surface area contributed by atoms with Crippen molar-refractivity contribution in [1.82, 2.24) is 15.5 Å². The number of rotatable bonds is 6. The number of aliphatic imine (C=N–C) groups is 1. The van der Waals surface area contributed by atoms with Gasteiger partial charge in [-0.25, -0.2) is 4.99 Å². The number of pyridine rings is 1. The number of nitrogens with zero attached hydrogens (tertiary/aromatic N) is 3. The van der Waals surface area contributed by atoms with Crippen molar-refractivity contribution in [1.29, 1.82) is 0 Å². The summed E-state index contributed by atoms with van der Waals surface area (Å²) in [6, 6.07) is 7.76. The summed E-state index contributed by atoms with van der Waals surface area (Å²) in [4.78, 5) is 8.47. The third-order valence-corrected chi connectivity index (χ3v) is 2.99. The Labute approximate surface area is 124 Å². The zero-order valence-corrected chi connectivity index (χ0v) is 12.4. The molecule has 0 saturated carbocycles. The molecule has 112 valence electrons. The molecule has 0 bridgehead atoms. The van der Waals surface area contributed by atoms with Gasteiger partial charge in [-0.1, -0.05) is 25.1 Å². The molecule has 0 atom stereocenters. The zero-order valence-electron chi connectivity index (χ0n) is 12.4. The zero-order chi connectivity index (χ0) is 15.1. The fourth-order valence-electron chi connectivity index (χ4n) is 1.76. The third kappa shape index (κ3) is 4.91. The Balaban J connectivity index is 1.76. The Kier molecular flexibility index (Phi) is 5.31. The van der Waals surface area contributed by atoms with Crippen LogP contribution in [0.1, 0.15) is 36.9 Å². The van der Waals surface area contributed by atoms with Crippen molar-refractivity contribution in [2.24, 2.45) is 10.7 Å². The number of hydrogen-bond acceptors (Lipinski definition) is 4. The molecule has 0 unspecified atom stereocenters. The molecular weight excluding hydrogens is 266 g/mol. The van der Waals surface area contributed by atoms with Crippen molar-refractivity contribution in [2.45, 2.75) is 32.7 Å². The van der Waals surface area contributed by atoms with E-state index in [1.165, 1.54) is 0 Å². The second kappa shape index (κ2) is 7.42. The minimum Gasteiger partial charge on any atom is -0.370 e. The molecule has 0 aliphatic carbocycles. The van der Waals surface area contributed by atoms with Crippen molar-refractivity contribution in [2.75, 3.05) is 6.54 Å². The number of guanidine groups is 1. The highest BCUT2D eigenvalue weighted by molar-refractivity contribution is 5.77. The van der Waals surface area contributed by atoms with Crippen LogP contribution in [0.5, 0.6) is 0 Å². The van der Waals surface area contributed by atoms with Gasteiger partial charge in [0.1, 0.15) is 6.54 Å². The quantitative estimate of drug-likeness (QED) is 0.625. The number of hydrogen-bond donors (Lipinski definition) is 2. The van der Waals surface area contributed by atoms with Crippen LogP contribution < -0.4 is 11.1 Å². The second-order valence-electron chi connectivity index (χ2n) is 5.07. The van der Waals surface area contributed by atoms with E-state index in [9.17, 15) is 0 Å². The minimum atomic E-state index is 0.348. The van der Waals surface area contributed by atoms with E-state index in [0.717, 1.165) is 17.8 Å². The van der Waals surface area contributed by atoms with E-state index in [4.69, 9.17) is 10.3 Å². The average molecular weight is 287 g/mol. The van der Waals surface area contributed by atoms with Gasteiger partial charge in [0.2, 0.25) is 0 Å². The maximum absolute atomic E-state index is 5.81. The van der Waals surface area contributed by atoms with Gasteiger partial charge >= 0.3 is 0 Å². The molecule has 0 saturated heterocycles. The first-order chi connectivity index (χ1) is 10.1. The van der Waals surface area contributed by atoms with Gasteiger partial charge in [0.25, 0.3) is 0 Å². The molecule has 0 radical (unpaired) electrons. The summed E-state index contributed by atoms with van der Waals surface area (Å²) < 4.78 is 5.20. The Morgan fingerprint density at radius 2 is 2.29 bits per heavy atom. The van der Waals surface area contributed by atoms with E-state index in [1.807, 2.05) is 24.3 Å². The van der Waals surface area contributed by atoms with Crippen LogP contribution in [-0.2, 0) is 13.0 Å². The Morgan fingerprint density at radius 3 is 2.95 bits per heavy atom. The van der Waals surface area contributed by atoms with Gasteiger partial charge in [-0.2, -0.15) is 0 Å². The Morgan fingerprint density at radius 1 is 1.43 bits per heavy atom. The summed E-state index contributed by atoms with van der Waals surface area (Å²) in [6.45, 7) is 5.22. The fourth-order valence-corrected chi connectivity index (χ4v) is 1.76. The average Bonchev–Trinajstić information content (AvgIpc) is 2.95. The Bertz CT molecular complexity index is 577. The van der Waals surface area contributed by atoms with Crippen LogP contribution in [0.2, 0.25) is 0 Å². The number of nitrogens with one attached hydrogen (secondary N) is 1. The highest BCUT2D eigenvalue weighted by atomic mass is 16.5. The lowest BCUT2D eigenvalue weighted by Gasteiger charge is -2.04. The molecule has 0 amide bonds. The lowest BCUT2D eigenvalue weighted by Crippen LogP contribution is -2.33. The predicted molar refractivity (Wildman–Crippen MR) is 81.9 cm³/mol. The van der Waals surface area contributed by atoms with Gasteiger partial charge in [0.05, 0.1) is 5.69 Å². The molecule has 0 aliphatic rings. The van der Waals surface area contributed by atoms with Crippen molar-refractivity contribution in [3.63, 3.8) is 0 Å². The molecule has 2 aromatic rings. The summed E-state index contributed by atoms with van der Waals surface area (Å²) >= 11 is 0. The Hall–Kier alpha value is -2.37. The van der Waals surface area contributed by atoms with Crippen LogP contribution in [0.25, 0.3) is 0 Å². The molecule has 21 heavy (non-hydrogen) atoms. The summed E-state index contributed by atoms with van der Waals surface area (Å²) in [5.74, 6) is 1.46. The van der Waals surface area contributed by atoms with E-state index in [2.05, 4.69) is 34.3 Å². The first-order valence-electron chi connectivity index (χ1n) is 7.04. The van der Waals surface area contributed by atoms with Crippen LogP contribution in [0.4, 0.5) is 0 Å². The summed E-state index contributed by atoms with van der Waals surface area (Å²) in [7, 11) is 0. The van der Waals surface area contributed by atoms with Crippen LogP contribution in [0.15, 0.2) is 40.0 Å². The van der Waals surface area contributed by atoms with E-state index >= 15 is 0 Å². The molecule has 2 heterocycles. The van der Waals surface area contributed by atoms with E-state index in [1.54, 1.807) is 6.20 Å². The topological polar surface area (TPSA) is 89.3 Å². The first kappa shape index (κ1) is 15.0. The van der Waals surface area contributed by atoms with E-state index in [0.29, 0.717) is 30.7 Å².